The molecule has 10 heteroatoms. The fourth-order valence-electron chi connectivity index (χ4n) is 7.36. The van der Waals surface area contributed by atoms with Gasteiger partial charge in [-0.2, -0.15) is 0 Å². The van der Waals surface area contributed by atoms with Gasteiger partial charge in [-0.1, -0.05) is 214 Å². The van der Waals surface area contributed by atoms with E-state index in [0.29, 0.717) is 23.9 Å². The number of carbonyl (C=O) groups is 2. The van der Waals surface area contributed by atoms with E-state index in [4.69, 9.17) is 13.8 Å². The van der Waals surface area contributed by atoms with E-state index in [0.717, 1.165) is 103 Å². The molecule has 0 rings (SSSR count). The molecule has 0 aromatic rings. The first kappa shape index (κ1) is 67.7. The predicted molar refractivity (Wildman–Crippen MR) is 302 cm³/mol. The third-order valence-corrected chi connectivity index (χ3v) is 12.7. The van der Waals surface area contributed by atoms with E-state index in [1.54, 1.807) is 6.08 Å². The number of phosphoric ester groups is 1. The van der Waals surface area contributed by atoms with Gasteiger partial charge in [0.25, 0.3) is 7.82 Å². The molecular formula is C61H105N2O7P. The number of hydrogen-bond acceptors (Lipinski definition) is 7. The first-order valence-electron chi connectivity index (χ1n) is 28.2. The van der Waals surface area contributed by atoms with Crippen molar-refractivity contribution >= 4 is 19.7 Å². The molecule has 0 aliphatic rings. The van der Waals surface area contributed by atoms with E-state index in [-0.39, 0.29) is 25.4 Å². The molecule has 71 heavy (non-hydrogen) atoms. The zero-order valence-corrected chi connectivity index (χ0v) is 47.0. The summed E-state index contributed by atoms with van der Waals surface area (Å²) in [7, 11) is 1.12. The summed E-state index contributed by atoms with van der Waals surface area (Å²) in [5, 5.41) is 2.99. The normalized spacial score (nSPS) is 14.6. The van der Waals surface area contributed by atoms with Gasteiger partial charge >= 0.3 is 5.97 Å². The number of esters is 1. The summed E-state index contributed by atoms with van der Waals surface area (Å²) >= 11 is 0. The van der Waals surface area contributed by atoms with Crippen LogP contribution in [0.3, 0.4) is 0 Å². The Labute approximate surface area is 436 Å². The summed E-state index contributed by atoms with van der Waals surface area (Å²) in [5.74, 6) is -0.662. The quantitative estimate of drug-likeness (QED) is 0.0161. The molecule has 0 aliphatic heterocycles. The van der Waals surface area contributed by atoms with E-state index in [1.165, 1.54) is 64.2 Å². The van der Waals surface area contributed by atoms with Crippen LogP contribution in [-0.2, 0) is 27.9 Å². The lowest BCUT2D eigenvalue weighted by atomic mass is 10.1. The molecule has 3 unspecified atom stereocenters. The molecule has 0 aromatic carbocycles. The standard InChI is InChI=1S/C61H105N2O7P/c1-7-10-13-16-19-22-25-27-29-30-31-32-34-36-39-42-45-48-51-54-61(65)70-59(52-49-46-43-40-37-24-21-18-15-12-9-3)58(57-69-71(66,67)68-56-55-63(4,5)6)62-60(64)53-50-47-44-41-38-35-33-28-26-23-20-17-14-11-8-2/h10,13,19-20,22-23,26-29,31-32,36,39,45,48-49,52,58-59H,7-9,11-12,14-18,21,24-25,30,33-35,37-38,40-44,46-47,50-51,53-57H2,1-6H3,(H-,62,64,66,67)/b13-10-,22-19-,23-20+,28-26+,29-27-,32-31-,39-36-,48-45-,52-49+. The first-order valence-corrected chi connectivity index (χ1v) is 29.7. The fourth-order valence-corrected chi connectivity index (χ4v) is 8.08. The highest BCUT2D eigenvalue weighted by molar-refractivity contribution is 7.45. The van der Waals surface area contributed by atoms with E-state index in [9.17, 15) is 19.0 Å². The van der Waals surface area contributed by atoms with E-state index < -0.39 is 32.5 Å². The van der Waals surface area contributed by atoms with Gasteiger partial charge in [-0.05, 0) is 96.0 Å². The van der Waals surface area contributed by atoms with Gasteiger partial charge in [0.1, 0.15) is 19.3 Å². The SMILES string of the molecule is CC/C=C\C/C=C\C/C=C\C/C=C\C/C=C\C/C=C\CCC(=O)OC(/C=C/CCCCCCCCCCC)C(COP(=O)([O-])OCC[N+](C)(C)C)NC(=O)CCCCCCCC/C=C/C=C/CCCCC. The zero-order valence-electron chi connectivity index (χ0n) is 46.1. The molecule has 0 spiro atoms. The summed E-state index contributed by atoms with van der Waals surface area (Å²) in [5.41, 5.74) is 0. The van der Waals surface area contributed by atoms with Gasteiger partial charge in [-0.15, -0.1) is 0 Å². The van der Waals surface area contributed by atoms with Crippen LogP contribution in [0.1, 0.15) is 213 Å². The van der Waals surface area contributed by atoms with E-state index in [2.05, 4.69) is 111 Å². The number of nitrogens with zero attached hydrogens (tertiary/aromatic N) is 1. The second-order valence-corrected chi connectivity index (χ2v) is 21.1. The molecule has 406 valence electrons. The van der Waals surface area contributed by atoms with Gasteiger partial charge < -0.3 is 28.5 Å². The number of hydrogen-bond donors (Lipinski definition) is 1. The maximum Gasteiger partial charge on any atom is 0.306 e. The van der Waals surface area contributed by atoms with Gasteiger partial charge in [-0.3, -0.25) is 14.2 Å². The molecule has 0 fully saturated rings. The molecule has 0 saturated carbocycles. The Bertz CT molecular complexity index is 1580. The first-order chi connectivity index (χ1) is 34.4. The van der Waals surface area contributed by atoms with Crippen molar-refractivity contribution in [3.8, 4) is 0 Å². The monoisotopic (exact) mass is 1010 g/mol. The Morgan fingerprint density at radius 1 is 0.521 bits per heavy atom. The Hall–Kier alpha value is -3.33. The minimum absolute atomic E-state index is 0.0415. The lowest BCUT2D eigenvalue weighted by Crippen LogP contribution is -2.47. The number of amides is 1. The van der Waals surface area contributed by atoms with Crippen LogP contribution in [0.2, 0.25) is 0 Å². The van der Waals surface area contributed by atoms with Crippen molar-refractivity contribution in [2.45, 2.75) is 226 Å². The Morgan fingerprint density at radius 3 is 1.46 bits per heavy atom. The third kappa shape index (κ3) is 51.4. The summed E-state index contributed by atoms with van der Waals surface area (Å²) in [4.78, 5) is 39.8. The van der Waals surface area contributed by atoms with Gasteiger partial charge in [0.15, 0.2) is 0 Å². The number of allylic oxidation sites excluding steroid dienone is 17. The molecule has 3 atom stereocenters. The van der Waals surface area contributed by atoms with Crippen LogP contribution in [0.4, 0.5) is 0 Å². The minimum atomic E-state index is -4.72. The second kappa shape index (κ2) is 50.2. The lowest BCUT2D eigenvalue weighted by molar-refractivity contribution is -0.870. The molecule has 0 bridgehead atoms. The largest absolute Gasteiger partial charge is 0.756 e. The predicted octanol–water partition coefficient (Wildman–Crippen LogP) is 16.4. The van der Waals surface area contributed by atoms with Crippen LogP contribution < -0.4 is 10.2 Å². The Balaban J connectivity index is 5.48. The fraction of sp³-hybridized carbons (Fsp3) is 0.672. The summed E-state index contributed by atoms with van der Waals surface area (Å²) < 4.78 is 30.1. The third-order valence-electron chi connectivity index (χ3n) is 11.7. The molecule has 1 amide bonds. The maximum atomic E-state index is 13.5. The van der Waals surface area contributed by atoms with Crippen LogP contribution in [-0.4, -0.2) is 69.4 Å². The highest BCUT2D eigenvalue weighted by Gasteiger charge is 2.27. The molecule has 1 N–H and O–H groups in total. The number of phosphoric acid groups is 1. The summed E-state index contributed by atoms with van der Waals surface area (Å²) in [6, 6.07) is -0.930. The zero-order chi connectivity index (χ0) is 52.2. The average molecular weight is 1010 g/mol. The topological polar surface area (TPSA) is 114 Å². The van der Waals surface area contributed by atoms with Gasteiger partial charge in [0.2, 0.25) is 5.91 Å². The van der Waals surface area contributed by atoms with Crippen molar-refractivity contribution < 1.29 is 37.3 Å². The minimum Gasteiger partial charge on any atom is -0.756 e. The smallest absolute Gasteiger partial charge is 0.306 e. The number of likely N-dealkylation sites (N-methyl/N-ethyl adjacent to an activating group) is 1. The number of rotatable bonds is 49. The molecule has 0 heterocycles. The van der Waals surface area contributed by atoms with Crippen LogP contribution >= 0.6 is 7.82 Å². The molecule has 9 nitrogen and oxygen atoms in total. The number of carbonyl (C=O) groups excluding carboxylic acids is 2. The van der Waals surface area contributed by atoms with Crippen molar-refractivity contribution in [2.24, 2.45) is 0 Å². The van der Waals surface area contributed by atoms with Crippen LogP contribution in [0.5, 0.6) is 0 Å². The molecule has 0 aliphatic carbocycles. The molecule has 0 saturated heterocycles. The number of unbranched alkanes of at least 4 members (excludes halogenated alkanes) is 18. The lowest BCUT2D eigenvalue weighted by Gasteiger charge is -2.30. The average Bonchev–Trinajstić information content (AvgIpc) is 3.33. The van der Waals surface area contributed by atoms with Crippen LogP contribution in [0, 0.1) is 0 Å². The Morgan fingerprint density at radius 2 is 0.958 bits per heavy atom. The van der Waals surface area contributed by atoms with Gasteiger partial charge in [-0.25, -0.2) is 0 Å². The molecular weight excluding hydrogens is 904 g/mol. The van der Waals surface area contributed by atoms with Crippen LogP contribution in [0.25, 0.3) is 0 Å². The Kier molecular flexibility index (Phi) is 47.9. The van der Waals surface area contributed by atoms with Crippen molar-refractivity contribution in [1.82, 2.24) is 5.32 Å². The number of ether oxygens (including phenoxy) is 1. The van der Waals surface area contributed by atoms with Crippen LogP contribution in [0.15, 0.2) is 109 Å². The number of quaternary nitrogens is 1. The van der Waals surface area contributed by atoms with Crippen molar-refractivity contribution in [1.29, 1.82) is 0 Å². The second-order valence-electron chi connectivity index (χ2n) is 19.7. The summed E-state index contributed by atoms with van der Waals surface area (Å²) in [6.45, 7) is 6.61. The molecule has 0 radical (unpaired) electrons. The van der Waals surface area contributed by atoms with Crippen molar-refractivity contribution in [2.75, 3.05) is 40.9 Å². The van der Waals surface area contributed by atoms with Crippen molar-refractivity contribution in [3.05, 3.63) is 109 Å². The number of nitrogens with one attached hydrogen (secondary N) is 1. The van der Waals surface area contributed by atoms with Gasteiger partial charge in [0, 0.05) is 12.8 Å². The summed E-state index contributed by atoms with van der Waals surface area (Å²) in [6.07, 6.45) is 67.8. The highest BCUT2D eigenvalue weighted by Crippen LogP contribution is 2.38. The maximum absolute atomic E-state index is 13.5. The van der Waals surface area contributed by atoms with E-state index in [1.807, 2.05) is 39.4 Å². The van der Waals surface area contributed by atoms with Crippen molar-refractivity contribution in [3.63, 3.8) is 0 Å². The molecule has 0 aromatic heterocycles. The van der Waals surface area contributed by atoms with Gasteiger partial charge in [0.05, 0.1) is 33.8 Å². The highest BCUT2D eigenvalue weighted by atomic mass is 31.2. The van der Waals surface area contributed by atoms with E-state index >= 15 is 0 Å².